The summed E-state index contributed by atoms with van der Waals surface area (Å²) in [4.78, 5) is 0. The molecule has 22 heavy (non-hydrogen) atoms. The van der Waals surface area contributed by atoms with Crippen LogP contribution in [0.5, 0.6) is 0 Å². The van der Waals surface area contributed by atoms with Crippen molar-refractivity contribution in [1.82, 2.24) is 4.57 Å². The average Bonchev–Trinajstić information content (AvgIpc) is 2.99. The summed E-state index contributed by atoms with van der Waals surface area (Å²) in [6.07, 6.45) is 2.14. The van der Waals surface area contributed by atoms with Crippen LogP contribution in [0.4, 0.5) is 0 Å². The van der Waals surface area contributed by atoms with E-state index >= 15 is 0 Å². The van der Waals surface area contributed by atoms with Crippen LogP contribution in [-0.4, -0.2) is 4.57 Å². The molecule has 0 fully saturated rings. The maximum Gasteiger partial charge on any atom is 0.0528 e. The maximum absolute atomic E-state index is 2.24. The summed E-state index contributed by atoms with van der Waals surface area (Å²) < 4.78 is 2.24. The van der Waals surface area contributed by atoms with Crippen LogP contribution in [0.3, 0.4) is 0 Å². The SMILES string of the molecule is Cc1ccc2c(ccn2-c2ccc(-c3ccccc3)cc2)c1. The Bertz CT molecular complexity index is 915. The van der Waals surface area contributed by atoms with Gasteiger partial charge in [-0.05, 0) is 48.4 Å². The van der Waals surface area contributed by atoms with Crippen LogP contribution < -0.4 is 0 Å². The molecular formula is C21H17N. The van der Waals surface area contributed by atoms with E-state index in [1.54, 1.807) is 0 Å². The van der Waals surface area contributed by atoms with Gasteiger partial charge in [-0.15, -0.1) is 0 Å². The molecule has 0 saturated carbocycles. The third-order valence-electron chi connectivity index (χ3n) is 4.10. The zero-order valence-corrected chi connectivity index (χ0v) is 12.5. The zero-order chi connectivity index (χ0) is 14.9. The lowest BCUT2D eigenvalue weighted by Crippen LogP contribution is -1.91. The van der Waals surface area contributed by atoms with Crippen molar-refractivity contribution in [1.29, 1.82) is 0 Å². The Morgan fingerprint density at radius 3 is 2.18 bits per heavy atom. The number of benzene rings is 3. The van der Waals surface area contributed by atoms with Gasteiger partial charge in [-0.1, -0.05) is 54.1 Å². The molecule has 4 rings (SSSR count). The number of hydrogen-bond acceptors (Lipinski definition) is 0. The number of nitrogens with zero attached hydrogens (tertiary/aromatic N) is 1. The fourth-order valence-corrected chi connectivity index (χ4v) is 2.93. The first kappa shape index (κ1) is 12.9. The quantitative estimate of drug-likeness (QED) is 0.451. The van der Waals surface area contributed by atoms with E-state index in [1.807, 2.05) is 6.07 Å². The van der Waals surface area contributed by atoms with Crippen molar-refractivity contribution in [2.45, 2.75) is 6.92 Å². The van der Waals surface area contributed by atoms with Crippen molar-refractivity contribution in [3.8, 4) is 16.8 Å². The molecule has 0 N–H and O–H groups in total. The molecule has 1 nitrogen and oxygen atoms in total. The Balaban J connectivity index is 1.76. The molecular weight excluding hydrogens is 266 g/mol. The van der Waals surface area contributed by atoms with Crippen molar-refractivity contribution >= 4 is 10.9 Å². The van der Waals surface area contributed by atoms with Crippen molar-refractivity contribution in [3.05, 3.63) is 90.6 Å². The molecule has 0 radical (unpaired) electrons. The lowest BCUT2D eigenvalue weighted by Gasteiger charge is -2.08. The molecule has 0 aliphatic carbocycles. The lowest BCUT2D eigenvalue weighted by molar-refractivity contribution is 1.13. The molecule has 0 aliphatic heterocycles. The number of rotatable bonds is 2. The Hall–Kier alpha value is -2.80. The van der Waals surface area contributed by atoms with E-state index in [2.05, 4.69) is 90.5 Å². The number of hydrogen-bond donors (Lipinski definition) is 0. The summed E-state index contributed by atoms with van der Waals surface area (Å²) in [5.41, 5.74) is 6.24. The van der Waals surface area contributed by atoms with Gasteiger partial charge in [0.1, 0.15) is 0 Å². The second kappa shape index (κ2) is 5.19. The van der Waals surface area contributed by atoms with E-state index in [4.69, 9.17) is 0 Å². The summed E-state index contributed by atoms with van der Waals surface area (Å²) in [6, 6.07) is 28.0. The van der Waals surface area contributed by atoms with Gasteiger partial charge in [-0.3, -0.25) is 0 Å². The zero-order valence-electron chi connectivity index (χ0n) is 12.5. The molecule has 0 unspecified atom stereocenters. The molecule has 0 amide bonds. The third-order valence-corrected chi connectivity index (χ3v) is 4.10. The molecule has 0 aliphatic rings. The predicted octanol–water partition coefficient (Wildman–Crippen LogP) is 5.61. The van der Waals surface area contributed by atoms with Gasteiger partial charge in [0.05, 0.1) is 5.52 Å². The highest BCUT2D eigenvalue weighted by Crippen LogP contribution is 2.24. The Morgan fingerprint density at radius 1 is 0.682 bits per heavy atom. The molecule has 0 spiro atoms. The van der Waals surface area contributed by atoms with Gasteiger partial charge in [0.25, 0.3) is 0 Å². The second-order valence-corrected chi connectivity index (χ2v) is 5.66. The van der Waals surface area contributed by atoms with E-state index < -0.39 is 0 Å². The first-order chi connectivity index (χ1) is 10.8. The van der Waals surface area contributed by atoms with Gasteiger partial charge in [0.15, 0.2) is 0 Å². The van der Waals surface area contributed by atoms with Crippen molar-refractivity contribution in [2.24, 2.45) is 0 Å². The van der Waals surface area contributed by atoms with Crippen molar-refractivity contribution < 1.29 is 0 Å². The fourth-order valence-electron chi connectivity index (χ4n) is 2.93. The molecule has 0 saturated heterocycles. The van der Waals surface area contributed by atoms with Crippen LogP contribution in [0, 0.1) is 6.92 Å². The lowest BCUT2D eigenvalue weighted by atomic mass is 10.1. The molecule has 106 valence electrons. The molecule has 4 aromatic rings. The molecule has 0 bridgehead atoms. The van der Waals surface area contributed by atoms with E-state index in [-0.39, 0.29) is 0 Å². The van der Waals surface area contributed by atoms with Crippen molar-refractivity contribution in [3.63, 3.8) is 0 Å². The van der Waals surface area contributed by atoms with Crippen LogP contribution in [0.25, 0.3) is 27.7 Å². The normalized spacial score (nSPS) is 11.0. The number of aryl methyl sites for hydroxylation is 1. The highest BCUT2D eigenvalue weighted by molar-refractivity contribution is 5.82. The standard InChI is InChI=1S/C21H17N/c1-16-7-12-21-19(15-16)13-14-22(21)20-10-8-18(9-11-20)17-5-3-2-4-6-17/h2-15H,1H3. The Morgan fingerprint density at radius 2 is 1.41 bits per heavy atom. The topological polar surface area (TPSA) is 4.93 Å². The third kappa shape index (κ3) is 2.21. The largest absolute Gasteiger partial charge is 0.317 e. The van der Waals surface area contributed by atoms with Gasteiger partial charge >= 0.3 is 0 Å². The van der Waals surface area contributed by atoms with Crippen LogP contribution in [-0.2, 0) is 0 Å². The summed E-state index contributed by atoms with van der Waals surface area (Å²) in [5, 5.41) is 1.28. The summed E-state index contributed by atoms with van der Waals surface area (Å²) >= 11 is 0. The van der Waals surface area contributed by atoms with Crippen molar-refractivity contribution in [2.75, 3.05) is 0 Å². The smallest absolute Gasteiger partial charge is 0.0528 e. The van der Waals surface area contributed by atoms with Crippen LogP contribution >= 0.6 is 0 Å². The van der Waals surface area contributed by atoms with Crippen LogP contribution in [0.1, 0.15) is 5.56 Å². The first-order valence-corrected chi connectivity index (χ1v) is 7.55. The molecule has 0 atom stereocenters. The van der Waals surface area contributed by atoms with Gasteiger partial charge in [-0.25, -0.2) is 0 Å². The Labute approximate surface area is 130 Å². The van der Waals surface area contributed by atoms with Crippen LogP contribution in [0.15, 0.2) is 85.1 Å². The fraction of sp³-hybridized carbons (Fsp3) is 0.0476. The minimum absolute atomic E-state index is 1.19. The van der Waals surface area contributed by atoms with E-state index in [0.717, 1.165) is 0 Å². The monoisotopic (exact) mass is 283 g/mol. The summed E-state index contributed by atoms with van der Waals surface area (Å²) in [6.45, 7) is 2.13. The van der Waals surface area contributed by atoms with Gasteiger partial charge in [-0.2, -0.15) is 0 Å². The minimum Gasteiger partial charge on any atom is -0.317 e. The first-order valence-electron chi connectivity index (χ1n) is 7.55. The predicted molar refractivity (Wildman–Crippen MR) is 93.4 cm³/mol. The van der Waals surface area contributed by atoms with Gasteiger partial charge in [0, 0.05) is 17.3 Å². The highest BCUT2D eigenvalue weighted by Gasteiger charge is 2.04. The highest BCUT2D eigenvalue weighted by atomic mass is 15.0. The average molecular weight is 283 g/mol. The summed E-state index contributed by atoms with van der Waals surface area (Å²) in [7, 11) is 0. The summed E-state index contributed by atoms with van der Waals surface area (Å²) in [5.74, 6) is 0. The van der Waals surface area contributed by atoms with Crippen LogP contribution in [0.2, 0.25) is 0 Å². The number of aromatic nitrogens is 1. The van der Waals surface area contributed by atoms with E-state index in [1.165, 1.54) is 33.3 Å². The van der Waals surface area contributed by atoms with Gasteiger partial charge in [0.2, 0.25) is 0 Å². The molecule has 1 heteroatoms. The second-order valence-electron chi connectivity index (χ2n) is 5.66. The molecule has 1 heterocycles. The van der Waals surface area contributed by atoms with Gasteiger partial charge < -0.3 is 4.57 Å². The molecule has 1 aromatic heterocycles. The molecule has 3 aromatic carbocycles. The van der Waals surface area contributed by atoms with E-state index in [9.17, 15) is 0 Å². The maximum atomic E-state index is 2.24. The number of fused-ring (bicyclic) bond motifs is 1. The minimum atomic E-state index is 1.19. The Kier molecular flexibility index (Phi) is 3.05. The van der Waals surface area contributed by atoms with E-state index in [0.29, 0.717) is 0 Å².